The second kappa shape index (κ2) is 6.09. The molecular formula is C11H14Cl2N2O. The Bertz CT molecular complexity index is 382. The van der Waals surface area contributed by atoms with E-state index < -0.39 is 0 Å². The second-order valence-corrected chi connectivity index (χ2v) is 4.41. The van der Waals surface area contributed by atoms with E-state index in [-0.39, 0.29) is 11.9 Å². The Labute approximate surface area is 105 Å². The van der Waals surface area contributed by atoms with Crippen LogP contribution in [0.25, 0.3) is 0 Å². The number of carbonyl (C=O) groups excluding carboxylic acids is 1. The highest BCUT2D eigenvalue weighted by Crippen LogP contribution is 2.20. The average Bonchev–Trinajstić information content (AvgIpc) is 2.20. The van der Waals surface area contributed by atoms with E-state index in [0.717, 1.165) is 12.0 Å². The first-order valence-corrected chi connectivity index (χ1v) is 5.73. The van der Waals surface area contributed by atoms with Crippen LogP contribution in [0.3, 0.4) is 0 Å². The normalized spacial score (nSPS) is 12.4. The zero-order chi connectivity index (χ0) is 12.1. The van der Waals surface area contributed by atoms with Gasteiger partial charge in [0.15, 0.2) is 0 Å². The average molecular weight is 261 g/mol. The molecule has 0 saturated carbocycles. The van der Waals surface area contributed by atoms with Crippen molar-refractivity contribution >= 4 is 29.1 Å². The summed E-state index contributed by atoms with van der Waals surface area (Å²) in [5, 5.41) is 4.26. The Morgan fingerprint density at radius 2 is 2.19 bits per heavy atom. The first-order valence-electron chi connectivity index (χ1n) is 4.97. The molecule has 0 aromatic heterocycles. The zero-order valence-corrected chi connectivity index (χ0v) is 10.5. The Morgan fingerprint density at radius 3 is 2.75 bits per heavy atom. The minimum absolute atomic E-state index is 0.328. The maximum Gasteiger partial charge on any atom is 0.234 e. The fourth-order valence-corrected chi connectivity index (χ4v) is 1.75. The molecule has 0 aliphatic carbocycles. The summed E-state index contributed by atoms with van der Waals surface area (Å²) in [6, 6.07) is 5.04. The third-order valence-corrected chi connectivity index (χ3v) is 2.87. The van der Waals surface area contributed by atoms with E-state index in [0.29, 0.717) is 16.6 Å². The lowest BCUT2D eigenvalue weighted by Crippen LogP contribution is -2.39. The molecule has 0 spiro atoms. The monoisotopic (exact) mass is 260 g/mol. The highest BCUT2D eigenvalue weighted by Gasteiger charge is 2.07. The molecule has 0 heterocycles. The van der Waals surface area contributed by atoms with E-state index in [1.54, 1.807) is 19.1 Å². The van der Waals surface area contributed by atoms with Crippen molar-refractivity contribution in [3.8, 4) is 0 Å². The number of halogens is 2. The summed E-state index contributed by atoms with van der Waals surface area (Å²) < 4.78 is 0. The van der Waals surface area contributed by atoms with Gasteiger partial charge in [-0.2, -0.15) is 0 Å². The van der Waals surface area contributed by atoms with Crippen molar-refractivity contribution in [3.63, 3.8) is 0 Å². The maximum atomic E-state index is 10.8. The molecule has 1 aromatic rings. The van der Waals surface area contributed by atoms with Crippen LogP contribution in [0.4, 0.5) is 0 Å². The smallest absolute Gasteiger partial charge is 0.234 e. The van der Waals surface area contributed by atoms with Gasteiger partial charge in [-0.25, -0.2) is 0 Å². The van der Waals surface area contributed by atoms with Gasteiger partial charge in [0.25, 0.3) is 0 Å². The molecule has 0 fully saturated rings. The molecule has 88 valence electrons. The largest absolute Gasteiger partial charge is 0.368 e. The number of benzene rings is 1. The summed E-state index contributed by atoms with van der Waals surface area (Å²) in [5.74, 6) is -0.359. The first kappa shape index (κ1) is 13.3. The number of amides is 1. The van der Waals surface area contributed by atoms with Gasteiger partial charge in [-0.1, -0.05) is 29.3 Å². The van der Waals surface area contributed by atoms with E-state index in [4.69, 9.17) is 28.9 Å². The fourth-order valence-electron chi connectivity index (χ4n) is 1.25. The van der Waals surface area contributed by atoms with Crippen molar-refractivity contribution in [2.24, 2.45) is 5.73 Å². The standard InChI is InChI=1S/C11H14Cl2N2O/c1-7(11(14)16)15-5-4-8-2-3-9(12)6-10(8)13/h2-3,6-7,15H,4-5H2,1H3,(H2,14,16). The van der Waals surface area contributed by atoms with E-state index in [1.165, 1.54) is 0 Å². The van der Waals surface area contributed by atoms with Gasteiger partial charge >= 0.3 is 0 Å². The highest BCUT2D eigenvalue weighted by molar-refractivity contribution is 6.35. The SMILES string of the molecule is CC(NCCc1ccc(Cl)cc1Cl)C(N)=O. The summed E-state index contributed by atoms with van der Waals surface area (Å²) in [7, 11) is 0. The van der Waals surface area contributed by atoms with Crippen LogP contribution in [0.15, 0.2) is 18.2 Å². The Hall–Kier alpha value is -0.770. The predicted molar refractivity (Wildman–Crippen MR) is 66.8 cm³/mol. The molecule has 0 aliphatic rings. The topological polar surface area (TPSA) is 55.1 Å². The van der Waals surface area contributed by atoms with Crippen LogP contribution in [-0.2, 0) is 11.2 Å². The van der Waals surface area contributed by atoms with E-state index in [9.17, 15) is 4.79 Å². The first-order chi connectivity index (χ1) is 7.50. The van der Waals surface area contributed by atoms with Gasteiger partial charge in [-0.3, -0.25) is 4.79 Å². The van der Waals surface area contributed by atoms with Gasteiger partial charge < -0.3 is 11.1 Å². The number of hydrogen-bond acceptors (Lipinski definition) is 2. The van der Waals surface area contributed by atoms with Crippen LogP contribution in [0, 0.1) is 0 Å². The van der Waals surface area contributed by atoms with Crippen molar-refractivity contribution in [2.45, 2.75) is 19.4 Å². The van der Waals surface area contributed by atoms with Gasteiger partial charge in [0.1, 0.15) is 0 Å². The van der Waals surface area contributed by atoms with Crippen LogP contribution in [0.2, 0.25) is 10.0 Å². The molecular weight excluding hydrogens is 247 g/mol. The minimum atomic E-state index is -0.359. The maximum absolute atomic E-state index is 10.8. The van der Waals surface area contributed by atoms with Crippen molar-refractivity contribution in [1.29, 1.82) is 0 Å². The fraction of sp³-hybridized carbons (Fsp3) is 0.364. The van der Waals surface area contributed by atoms with E-state index in [2.05, 4.69) is 5.32 Å². The molecule has 0 aliphatic heterocycles. The van der Waals surface area contributed by atoms with Gasteiger partial charge in [0.05, 0.1) is 6.04 Å². The van der Waals surface area contributed by atoms with E-state index in [1.807, 2.05) is 6.07 Å². The van der Waals surface area contributed by atoms with Gasteiger partial charge in [-0.05, 0) is 37.6 Å². The number of hydrogen-bond donors (Lipinski definition) is 2. The lowest BCUT2D eigenvalue weighted by Gasteiger charge is -2.10. The predicted octanol–water partition coefficient (Wildman–Crippen LogP) is 2.00. The van der Waals surface area contributed by atoms with Crippen molar-refractivity contribution in [2.75, 3.05) is 6.54 Å². The van der Waals surface area contributed by atoms with Crippen LogP contribution >= 0.6 is 23.2 Å². The molecule has 5 heteroatoms. The lowest BCUT2D eigenvalue weighted by atomic mass is 10.1. The van der Waals surface area contributed by atoms with Gasteiger partial charge in [0.2, 0.25) is 5.91 Å². The second-order valence-electron chi connectivity index (χ2n) is 3.56. The summed E-state index contributed by atoms with van der Waals surface area (Å²) in [5.41, 5.74) is 6.12. The van der Waals surface area contributed by atoms with Gasteiger partial charge in [0, 0.05) is 10.0 Å². The Kier molecular flexibility index (Phi) is 5.06. The molecule has 0 radical (unpaired) electrons. The van der Waals surface area contributed by atoms with Crippen LogP contribution in [0.5, 0.6) is 0 Å². The van der Waals surface area contributed by atoms with E-state index >= 15 is 0 Å². The molecule has 0 saturated heterocycles. The number of carbonyl (C=O) groups is 1. The summed E-state index contributed by atoms with van der Waals surface area (Å²) in [4.78, 5) is 10.8. The third-order valence-electron chi connectivity index (χ3n) is 2.29. The number of nitrogens with one attached hydrogen (secondary N) is 1. The molecule has 1 rings (SSSR count). The van der Waals surface area contributed by atoms with Gasteiger partial charge in [-0.15, -0.1) is 0 Å². The molecule has 1 unspecified atom stereocenters. The van der Waals surface area contributed by atoms with Crippen molar-refractivity contribution < 1.29 is 4.79 Å². The van der Waals surface area contributed by atoms with Crippen LogP contribution in [-0.4, -0.2) is 18.5 Å². The Morgan fingerprint density at radius 1 is 1.50 bits per heavy atom. The number of primary amides is 1. The molecule has 0 bridgehead atoms. The summed E-state index contributed by atoms with van der Waals surface area (Å²) >= 11 is 11.8. The van der Waals surface area contributed by atoms with Crippen molar-refractivity contribution in [1.82, 2.24) is 5.32 Å². The lowest BCUT2D eigenvalue weighted by molar-refractivity contribution is -0.119. The quantitative estimate of drug-likeness (QED) is 0.851. The Balaban J connectivity index is 2.46. The minimum Gasteiger partial charge on any atom is -0.368 e. The van der Waals surface area contributed by atoms with Crippen molar-refractivity contribution in [3.05, 3.63) is 33.8 Å². The molecule has 1 amide bonds. The molecule has 1 atom stereocenters. The zero-order valence-electron chi connectivity index (χ0n) is 8.97. The molecule has 16 heavy (non-hydrogen) atoms. The number of rotatable bonds is 5. The molecule has 1 aromatic carbocycles. The molecule has 3 nitrogen and oxygen atoms in total. The summed E-state index contributed by atoms with van der Waals surface area (Å²) in [6.45, 7) is 2.37. The molecule has 3 N–H and O–H groups in total. The third kappa shape index (κ3) is 4.00. The highest BCUT2D eigenvalue weighted by atomic mass is 35.5. The van der Waals surface area contributed by atoms with Crippen LogP contribution < -0.4 is 11.1 Å². The van der Waals surface area contributed by atoms with Crippen LogP contribution in [0.1, 0.15) is 12.5 Å². The summed E-state index contributed by atoms with van der Waals surface area (Å²) in [6.07, 6.45) is 0.730. The number of nitrogens with two attached hydrogens (primary N) is 1.